The first-order valence-electron chi connectivity index (χ1n) is 1.70. The average molecular weight is 129 g/mol. The Morgan fingerprint density at radius 3 is 1.88 bits per heavy atom. The SMILES string of the molecule is NCCO.O=C[O-].[Na+]. The second-order valence-corrected chi connectivity index (χ2v) is 0.609. The van der Waals surface area contributed by atoms with Crippen LogP contribution in [0.15, 0.2) is 0 Å². The third kappa shape index (κ3) is 96.1. The van der Waals surface area contributed by atoms with Gasteiger partial charge in [-0.05, 0) is 0 Å². The van der Waals surface area contributed by atoms with E-state index in [9.17, 15) is 0 Å². The third-order valence-electron chi connectivity index (χ3n) is 0.129. The third-order valence-corrected chi connectivity index (χ3v) is 0.129. The molecule has 0 bridgehead atoms. The molecule has 3 N–H and O–H groups in total. The molecule has 0 fully saturated rings. The summed E-state index contributed by atoms with van der Waals surface area (Å²) in [5.41, 5.74) is 4.78. The second kappa shape index (κ2) is 26.3. The van der Waals surface area contributed by atoms with Gasteiger partial charge in [0.2, 0.25) is 0 Å². The fourth-order valence-electron chi connectivity index (χ4n) is 0. The van der Waals surface area contributed by atoms with Crippen LogP contribution >= 0.6 is 0 Å². The number of hydrogen-bond acceptors (Lipinski definition) is 4. The van der Waals surface area contributed by atoms with Crippen molar-refractivity contribution in [3.63, 3.8) is 0 Å². The molecule has 0 spiro atoms. The Morgan fingerprint density at radius 2 is 1.88 bits per heavy atom. The van der Waals surface area contributed by atoms with Gasteiger partial charge in [0.05, 0.1) is 6.61 Å². The summed E-state index contributed by atoms with van der Waals surface area (Å²) in [4.78, 5) is 8.25. The van der Waals surface area contributed by atoms with Gasteiger partial charge in [-0.15, -0.1) is 0 Å². The summed E-state index contributed by atoms with van der Waals surface area (Å²) >= 11 is 0. The molecule has 5 heteroatoms. The molecule has 0 radical (unpaired) electrons. The van der Waals surface area contributed by atoms with E-state index < -0.39 is 6.47 Å². The predicted molar refractivity (Wildman–Crippen MR) is 22.2 cm³/mol. The molecular formula is C3H8NNaO3. The zero-order chi connectivity index (χ0) is 6.12. The van der Waals surface area contributed by atoms with E-state index in [1.165, 1.54) is 0 Å². The van der Waals surface area contributed by atoms with Crippen molar-refractivity contribution >= 4 is 6.47 Å². The minimum Gasteiger partial charge on any atom is -0.554 e. The fourth-order valence-corrected chi connectivity index (χ4v) is 0. The summed E-state index contributed by atoms with van der Waals surface area (Å²) in [7, 11) is 0. The van der Waals surface area contributed by atoms with Gasteiger partial charge in [0.15, 0.2) is 0 Å². The molecule has 0 aromatic heterocycles. The number of carboxylic acid groups (broad SMARTS) is 1. The number of aliphatic hydroxyl groups is 1. The van der Waals surface area contributed by atoms with Crippen LogP contribution < -0.4 is 40.4 Å². The molecule has 0 saturated heterocycles. The summed E-state index contributed by atoms with van der Waals surface area (Å²) in [6, 6.07) is 0. The van der Waals surface area contributed by atoms with E-state index in [1.807, 2.05) is 0 Å². The molecule has 0 aliphatic carbocycles. The summed E-state index contributed by atoms with van der Waals surface area (Å²) in [6.07, 6.45) is 0. The number of hydrogen-bond donors (Lipinski definition) is 2. The maximum atomic E-state index is 8.25. The largest absolute Gasteiger partial charge is 1.00 e. The standard InChI is InChI=1S/C2H7NO.CH2O2.Na/c3-1-2-4;2-1-3;/h4H,1-3H2;1H,(H,2,3);/q;;+1/p-1. The van der Waals surface area contributed by atoms with Crippen LogP contribution in [0.25, 0.3) is 0 Å². The van der Waals surface area contributed by atoms with Crippen LogP contribution in [0.3, 0.4) is 0 Å². The minimum atomic E-state index is -0.500. The quantitative estimate of drug-likeness (QED) is 0.273. The normalized spacial score (nSPS) is 5.25. The van der Waals surface area contributed by atoms with Crippen molar-refractivity contribution in [3.05, 3.63) is 0 Å². The van der Waals surface area contributed by atoms with Crippen LogP contribution in [-0.2, 0) is 4.79 Å². The van der Waals surface area contributed by atoms with Crippen molar-refractivity contribution in [2.75, 3.05) is 13.2 Å². The minimum absolute atomic E-state index is 0. The molecule has 8 heavy (non-hydrogen) atoms. The molecule has 0 aromatic carbocycles. The van der Waals surface area contributed by atoms with Gasteiger partial charge in [0, 0.05) is 13.0 Å². The zero-order valence-electron chi connectivity index (χ0n) is 4.83. The molecule has 4 nitrogen and oxygen atoms in total. The van der Waals surface area contributed by atoms with Gasteiger partial charge in [0.1, 0.15) is 0 Å². The summed E-state index contributed by atoms with van der Waals surface area (Å²) < 4.78 is 0. The zero-order valence-corrected chi connectivity index (χ0v) is 6.83. The molecule has 0 aliphatic heterocycles. The number of rotatable bonds is 1. The Morgan fingerprint density at radius 1 is 1.75 bits per heavy atom. The van der Waals surface area contributed by atoms with Gasteiger partial charge in [-0.25, -0.2) is 0 Å². The van der Waals surface area contributed by atoms with E-state index in [1.54, 1.807) is 0 Å². The van der Waals surface area contributed by atoms with Crippen molar-refractivity contribution in [3.8, 4) is 0 Å². The molecule has 0 heterocycles. The first kappa shape index (κ1) is 15.8. The van der Waals surface area contributed by atoms with Crippen molar-refractivity contribution in [2.24, 2.45) is 5.73 Å². The molecule has 0 rings (SSSR count). The average Bonchev–Trinajstić information content (AvgIpc) is 1.69. The fraction of sp³-hybridized carbons (Fsp3) is 0.667. The number of carbonyl (C=O) groups is 1. The molecular weight excluding hydrogens is 121 g/mol. The van der Waals surface area contributed by atoms with Gasteiger partial charge >= 0.3 is 29.6 Å². The number of nitrogens with two attached hydrogens (primary N) is 1. The van der Waals surface area contributed by atoms with Gasteiger partial charge in [-0.2, -0.15) is 0 Å². The van der Waals surface area contributed by atoms with E-state index in [4.69, 9.17) is 20.7 Å². The molecule has 44 valence electrons. The molecule has 0 atom stereocenters. The number of carbonyl (C=O) groups excluding carboxylic acids is 1. The van der Waals surface area contributed by atoms with E-state index in [0.717, 1.165) is 0 Å². The van der Waals surface area contributed by atoms with Crippen molar-refractivity contribution in [1.29, 1.82) is 0 Å². The summed E-state index contributed by atoms with van der Waals surface area (Å²) in [5, 5.41) is 16.0. The van der Waals surface area contributed by atoms with Crippen LogP contribution in [-0.4, -0.2) is 24.7 Å². The Bertz CT molecular complexity index is 33.7. The molecule has 0 unspecified atom stereocenters. The first-order valence-corrected chi connectivity index (χ1v) is 1.70. The van der Waals surface area contributed by atoms with E-state index in [2.05, 4.69) is 0 Å². The Balaban J connectivity index is -0.0000000575. The maximum Gasteiger partial charge on any atom is 1.00 e. The molecule has 0 aliphatic rings. The van der Waals surface area contributed by atoms with Crippen LogP contribution in [0.1, 0.15) is 0 Å². The molecule has 0 aromatic rings. The van der Waals surface area contributed by atoms with Crippen molar-refractivity contribution < 1.29 is 44.6 Å². The Labute approximate surface area is 70.0 Å². The van der Waals surface area contributed by atoms with Crippen LogP contribution in [0, 0.1) is 0 Å². The van der Waals surface area contributed by atoms with Gasteiger partial charge in [-0.1, -0.05) is 0 Å². The van der Waals surface area contributed by atoms with E-state index in [0.29, 0.717) is 6.54 Å². The van der Waals surface area contributed by atoms with Gasteiger partial charge in [0.25, 0.3) is 0 Å². The first-order chi connectivity index (χ1) is 3.33. The van der Waals surface area contributed by atoms with Crippen LogP contribution in [0.4, 0.5) is 0 Å². The second-order valence-electron chi connectivity index (χ2n) is 0.609. The Kier molecular flexibility index (Phi) is 51.8. The topological polar surface area (TPSA) is 86.4 Å². The molecule has 0 saturated carbocycles. The van der Waals surface area contributed by atoms with Crippen LogP contribution in [0.2, 0.25) is 0 Å². The monoisotopic (exact) mass is 129 g/mol. The van der Waals surface area contributed by atoms with Crippen LogP contribution in [0.5, 0.6) is 0 Å². The number of aliphatic hydroxyl groups excluding tert-OH is 1. The van der Waals surface area contributed by atoms with E-state index >= 15 is 0 Å². The summed E-state index contributed by atoms with van der Waals surface area (Å²) in [6.45, 7) is -0.0278. The van der Waals surface area contributed by atoms with Crippen molar-refractivity contribution in [2.45, 2.75) is 0 Å². The van der Waals surface area contributed by atoms with E-state index in [-0.39, 0.29) is 36.2 Å². The predicted octanol–water partition coefficient (Wildman–Crippen LogP) is -5.69. The smallest absolute Gasteiger partial charge is 0.554 e. The molecule has 0 amide bonds. The van der Waals surface area contributed by atoms with Gasteiger partial charge < -0.3 is 20.7 Å². The Hall–Kier alpha value is 0.390. The van der Waals surface area contributed by atoms with Gasteiger partial charge in [-0.3, -0.25) is 0 Å². The summed E-state index contributed by atoms with van der Waals surface area (Å²) in [5.74, 6) is 0. The van der Waals surface area contributed by atoms with Crippen molar-refractivity contribution in [1.82, 2.24) is 0 Å². The maximum absolute atomic E-state index is 8.25.